The van der Waals surface area contributed by atoms with Gasteiger partial charge in [0, 0.05) is 4.92 Å². The Kier molecular flexibility index (Phi) is 6.92. The van der Waals surface area contributed by atoms with Crippen molar-refractivity contribution in [2.75, 3.05) is 13.7 Å². The first kappa shape index (κ1) is 18.3. The van der Waals surface area contributed by atoms with Crippen molar-refractivity contribution in [2.45, 2.75) is 19.8 Å². The zero-order valence-electron chi connectivity index (χ0n) is 13.2. The summed E-state index contributed by atoms with van der Waals surface area (Å²) in [5, 5.41) is 10.9. The molecule has 124 valence electrons. The smallest absolute Gasteiger partial charge is 0.373 e. The third-order valence-electron chi connectivity index (χ3n) is 2.99. The maximum Gasteiger partial charge on any atom is 0.373 e. The number of nitro groups is 1. The number of esters is 2. The summed E-state index contributed by atoms with van der Waals surface area (Å²) in [7, 11) is 1.14. The Labute approximate surface area is 134 Å². The van der Waals surface area contributed by atoms with Gasteiger partial charge in [-0.3, -0.25) is 14.9 Å². The molecule has 7 nitrogen and oxygen atoms in total. The maximum absolute atomic E-state index is 11.8. The summed E-state index contributed by atoms with van der Waals surface area (Å²) in [6.45, 7) is 2.79. The molecule has 7 heteroatoms. The van der Waals surface area contributed by atoms with Gasteiger partial charge >= 0.3 is 11.9 Å². The van der Waals surface area contributed by atoms with Crippen molar-refractivity contribution >= 4 is 11.9 Å². The molecule has 0 amide bonds. The topological polar surface area (TPSA) is 95.7 Å². The molecule has 1 atom stereocenters. The molecule has 0 bridgehead atoms. The van der Waals surface area contributed by atoms with Crippen molar-refractivity contribution in [2.24, 2.45) is 5.92 Å². The van der Waals surface area contributed by atoms with Crippen LogP contribution in [0.1, 0.15) is 25.3 Å². The Morgan fingerprint density at radius 1 is 1.26 bits per heavy atom. The van der Waals surface area contributed by atoms with E-state index in [1.54, 1.807) is 44.2 Å². The van der Waals surface area contributed by atoms with E-state index < -0.39 is 35.2 Å². The van der Waals surface area contributed by atoms with Crippen molar-refractivity contribution in [3.05, 3.63) is 57.8 Å². The van der Waals surface area contributed by atoms with Gasteiger partial charge in [-0.2, -0.15) is 0 Å². The van der Waals surface area contributed by atoms with E-state index in [1.807, 2.05) is 0 Å². The van der Waals surface area contributed by atoms with Gasteiger partial charge in [0.1, 0.15) is 0 Å². The van der Waals surface area contributed by atoms with Gasteiger partial charge < -0.3 is 9.47 Å². The van der Waals surface area contributed by atoms with E-state index in [1.165, 1.54) is 6.08 Å². The number of methoxy groups -OCH3 is 1. The Bertz CT molecular complexity index is 594. The highest BCUT2D eigenvalue weighted by atomic mass is 16.6. The normalized spacial score (nSPS) is 12.6. The lowest BCUT2D eigenvalue weighted by Crippen LogP contribution is -2.19. The number of benzene rings is 1. The van der Waals surface area contributed by atoms with Crippen molar-refractivity contribution < 1.29 is 24.0 Å². The van der Waals surface area contributed by atoms with Gasteiger partial charge in [0.25, 0.3) is 0 Å². The highest BCUT2D eigenvalue weighted by molar-refractivity contribution is 5.90. The molecule has 0 saturated heterocycles. The van der Waals surface area contributed by atoms with Gasteiger partial charge in [-0.1, -0.05) is 44.2 Å². The lowest BCUT2D eigenvalue weighted by Gasteiger charge is -2.13. The fraction of sp³-hybridized carbons (Fsp3) is 0.375. The molecule has 0 spiro atoms. The molecule has 0 saturated carbocycles. The standard InChI is InChI=1S/C16H19NO6/c1-11(2)15(18)23-14(16(19)22-3)9-13(10-17(20)21)12-7-5-4-6-8-12/h4-9,11,13H,10H2,1-3H3/b14-9-/t13-/m0/s1. The van der Waals surface area contributed by atoms with Crippen LogP contribution in [0.3, 0.4) is 0 Å². The van der Waals surface area contributed by atoms with Crippen molar-refractivity contribution in [1.29, 1.82) is 0 Å². The number of ether oxygens (including phenoxy) is 2. The van der Waals surface area contributed by atoms with Gasteiger partial charge in [-0.15, -0.1) is 0 Å². The lowest BCUT2D eigenvalue weighted by molar-refractivity contribution is -0.481. The molecule has 0 aromatic heterocycles. The molecule has 0 radical (unpaired) electrons. The van der Waals surface area contributed by atoms with Gasteiger partial charge in [0.2, 0.25) is 12.3 Å². The van der Waals surface area contributed by atoms with Crippen LogP contribution in [0, 0.1) is 16.0 Å². The Balaban J connectivity index is 3.18. The van der Waals surface area contributed by atoms with Crippen LogP contribution in [0.25, 0.3) is 0 Å². The summed E-state index contributed by atoms with van der Waals surface area (Å²) in [6.07, 6.45) is 1.25. The van der Waals surface area contributed by atoms with Crippen LogP contribution in [0.2, 0.25) is 0 Å². The lowest BCUT2D eigenvalue weighted by atomic mass is 9.98. The van der Waals surface area contributed by atoms with Crippen molar-refractivity contribution in [3.63, 3.8) is 0 Å². The average molecular weight is 321 g/mol. The summed E-state index contributed by atoms with van der Waals surface area (Å²) >= 11 is 0. The largest absolute Gasteiger partial charge is 0.463 e. The molecule has 0 fully saturated rings. The predicted octanol–water partition coefficient (Wildman–Crippen LogP) is 2.30. The highest BCUT2D eigenvalue weighted by Gasteiger charge is 2.23. The Morgan fingerprint density at radius 3 is 2.35 bits per heavy atom. The van der Waals surface area contributed by atoms with E-state index in [9.17, 15) is 19.7 Å². The zero-order chi connectivity index (χ0) is 17.4. The molecule has 1 aromatic carbocycles. The molecule has 0 aliphatic heterocycles. The zero-order valence-corrected chi connectivity index (χ0v) is 13.2. The summed E-state index contributed by atoms with van der Waals surface area (Å²) in [4.78, 5) is 33.9. The molecule has 0 aliphatic carbocycles. The third kappa shape index (κ3) is 5.90. The van der Waals surface area contributed by atoms with E-state index in [2.05, 4.69) is 4.74 Å². The maximum atomic E-state index is 11.8. The molecule has 0 unspecified atom stereocenters. The van der Waals surface area contributed by atoms with Gasteiger partial charge in [0.15, 0.2) is 0 Å². The van der Waals surface area contributed by atoms with Gasteiger partial charge in [0.05, 0.1) is 18.9 Å². The van der Waals surface area contributed by atoms with E-state index in [-0.39, 0.29) is 5.76 Å². The highest BCUT2D eigenvalue weighted by Crippen LogP contribution is 2.21. The summed E-state index contributed by atoms with van der Waals surface area (Å²) in [5.74, 6) is -2.99. The van der Waals surface area contributed by atoms with E-state index in [0.29, 0.717) is 5.56 Å². The quantitative estimate of drug-likeness (QED) is 0.251. The number of nitrogens with zero attached hydrogens (tertiary/aromatic N) is 1. The molecule has 23 heavy (non-hydrogen) atoms. The van der Waals surface area contributed by atoms with Crippen LogP contribution < -0.4 is 0 Å². The molecule has 1 aromatic rings. The van der Waals surface area contributed by atoms with Crippen LogP contribution in [0.15, 0.2) is 42.2 Å². The van der Waals surface area contributed by atoms with Crippen LogP contribution in [-0.2, 0) is 19.1 Å². The fourth-order valence-corrected chi connectivity index (χ4v) is 1.77. The first-order chi connectivity index (χ1) is 10.8. The predicted molar refractivity (Wildman–Crippen MR) is 82.1 cm³/mol. The SMILES string of the molecule is COC(=O)/C(=C/[C@@H](C[N+](=O)[O-])c1ccccc1)OC(=O)C(C)C. The molecule has 0 heterocycles. The van der Waals surface area contributed by atoms with Crippen LogP contribution in [0.4, 0.5) is 0 Å². The minimum atomic E-state index is -0.858. The number of carbonyl (C=O) groups is 2. The van der Waals surface area contributed by atoms with E-state index in [4.69, 9.17) is 4.74 Å². The molecule has 1 rings (SSSR count). The fourth-order valence-electron chi connectivity index (χ4n) is 1.77. The second kappa shape index (κ2) is 8.67. The van der Waals surface area contributed by atoms with Crippen molar-refractivity contribution in [3.8, 4) is 0 Å². The first-order valence-corrected chi connectivity index (χ1v) is 7.03. The average Bonchev–Trinajstić information content (AvgIpc) is 2.52. The number of hydrogen-bond donors (Lipinski definition) is 0. The second-order valence-electron chi connectivity index (χ2n) is 5.13. The van der Waals surface area contributed by atoms with E-state index in [0.717, 1.165) is 7.11 Å². The molecule has 0 aliphatic rings. The number of hydrogen-bond acceptors (Lipinski definition) is 6. The minimum absolute atomic E-state index is 0.345. The third-order valence-corrected chi connectivity index (χ3v) is 2.99. The first-order valence-electron chi connectivity index (χ1n) is 7.03. The summed E-state index contributed by atoms with van der Waals surface area (Å²) in [5.41, 5.74) is 0.631. The van der Waals surface area contributed by atoms with Gasteiger partial charge in [-0.05, 0) is 11.6 Å². The number of carbonyl (C=O) groups excluding carboxylic acids is 2. The van der Waals surface area contributed by atoms with E-state index >= 15 is 0 Å². The minimum Gasteiger partial charge on any atom is -0.463 e. The van der Waals surface area contributed by atoms with Crippen LogP contribution in [-0.4, -0.2) is 30.5 Å². The Morgan fingerprint density at radius 2 is 1.87 bits per heavy atom. The van der Waals surface area contributed by atoms with Crippen LogP contribution in [0.5, 0.6) is 0 Å². The molecular weight excluding hydrogens is 302 g/mol. The van der Waals surface area contributed by atoms with Gasteiger partial charge in [-0.25, -0.2) is 4.79 Å². The molecule has 0 N–H and O–H groups in total. The summed E-state index contributed by atoms with van der Waals surface area (Å²) in [6, 6.07) is 8.63. The van der Waals surface area contributed by atoms with Crippen LogP contribution >= 0.6 is 0 Å². The Hall–Kier alpha value is -2.70. The number of rotatable bonds is 7. The monoisotopic (exact) mass is 321 g/mol. The second-order valence-corrected chi connectivity index (χ2v) is 5.13. The molecular formula is C16H19NO6. The summed E-state index contributed by atoms with van der Waals surface area (Å²) < 4.78 is 9.60. The van der Waals surface area contributed by atoms with Crippen molar-refractivity contribution in [1.82, 2.24) is 0 Å².